The van der Waals surface area contributed by atoms with Crippen LogP contribution in [0.5, 0.6) is 17.2 Å². The van der Waals surface area contributed by atoms with Crippen LogP contribution in [0.1, 0.15) is 25.8 Å². The number of carboxylic acids is 1. The van der Waals surface area contributed by atoms with Gasteiger partial charge in [-0.25, -0.2) is 0 Å². The maximum atomic E-state index is 12.8. The van der Waals surface area contributed by atoms with E-state index in [1.165, 1.54) is 18.4 Å². The molecule has 7 nitrogen and oxygen atoms in total. The predicted molar refractivity (Wildman–Crippen MR) is 105 cm³/mol. The lowest BCUT2D eigenvalue weighted by Crippen LogP contribution is -2.93. The summed E-state index contributed by atoms with van der Waals surface area (Å²) in [5, 5.41) is 23.5. The van der Waals surface area contributed by atoms with Crippen molar-refractivity contribution in [3.8, 4) is 17.2 Å². The Kier molecular flexibility index (Phi) is 6.19. The Labute approximate surface area is 167 Å². The molecule has 0 aliphatic carbocycles. The van der Waals surface area contributed by atoms with Crippen molar-refractivity contribution in [1.82, 2.24) is 0 Å². The number of rotatable bonds is 8. The lowest BCUT2D eigenvalue weighted by atomic mass is 9.99. The number of benzene rings is 2. The molecule has 2 aromatic carbocycles. The van der Waals surface area contributed by atoms with Gasteiger partial charge in [-0.3, -0.25) is 4.79 Å². The van der Waals surface area contributed by atoms with Gasteiger partial charge in [0.2, 0.25) is 11.2 Å². The maximum Gasteiger partial charge on any atom is 0.235 e. The third kappa shape index (κ3) is 4.41. The highest BCUT2D eigenvalue weighted by atomic mass is 16.5. The summed E-state index contributed by atoms with van der Waals surface area (Å²) in [5.74, 6) is -0.836. The van der Waals surface area contributed by atoms with Crippen molar-refractivity contribution < 1.29 is 29.5 Å². The summed E-state index contributed by atoms with van der Waals surface area (Å²) in [6.45, 7) is 3.85. The molecule has 0 spiro atoms. The van der Waals surface area contributed by atoms with E-state index in [-0.39, 0.29) is 40.4 Å². The molecule has 3 rings (SSSR count). The molecule has 29 heavy (non-hydrogen) atoms. The van der Waals surface area contributed by atoms with E-state index < -0.39 is 12.0 Å². The van der Waals surface area contributed by atoms with E-state index in [2.05, 4.69) is 0 Å². The minimum atomic E-state index is -1.17. The van der Waals surface area contributed by atoms with Crippen LogP contribution in [0.15, 0.2) is 57.9 Å². The number of hydrogen-bond acceptors (Lipinski definition) is 6. The highest BCUT2D eigenvalue weighted by Crippen LogP contribution is 2.27. The molecule has 0 aliphatic rings. The molecule has 3 N–H and O–H groups in total. The van der Waals surface area contributed by atoms with E-state index in [9.17, 15) is 19.8 Å². The highest BCUT2D eigenvalue weighted by molar-refractivity contribution is 5.82. The molecule has 0 radical (unpaired) electrons. The number of phenolic OH excluding ortho intramolecular Hbond substituents is 1. The third-order valence-corrected chi connectivity index (χ3v) is 5.06. The number of phenols is 1. The Balaban J connectivity index is 1.94. The number of quaternary nitrogens is 1. The monoisotopic (exact) mass is 397 g/mol. The molecular weight excluding hydrogens is 374 g/mol. The molecule has 152 valence electrons. The van der Waals surface area contributed by atoms with Gasteiger partial charge in [0.15, 0.2) is 5.58 Å². The van der Waals surface area contributed by atoms with E-state index in [4.69, 9.17) is 9.15 Å². The molecule has 2 atom stereocenters. The van der Waals surface area contributed by atoms with Gasteiger partial charge >= 0.3 is 0 Å². The summed E-state index contributed by atoms with van der Waals surface area (Å²) >= 11 is 0. The fourth-order valence-electron chi connectivity index (χ4n) is 3.17. The van der Waals surface area contributed by atoms with Crippen molar-refractivity contribution in [3.05, 3.63) is 64.5 Å². The van der Waals surface area contributed by atoms with Crippen molar-refractivity contribution in [3.63, 3.8) is 0 Å². The van der Waals surface area contributed by atoms with Crippen molar-refractivity contribution in [2.45, 2.75) is 32.9 Å². The molecule has 0 saturated carbocycles. The largest absolute Gasteiger partial charge is 0.544 e. The van der Waals surface area contributed by atoms with Crippen LogP contribution in [0, 0.1) is 5.92 Å². The number of nitrogens with two attached hydrogens (primary N) is 1. The smallest absolute Gasteiger partial charge is 0.235 e. The van der Waals surface area contributed by atoms with Crippen LogP contribution in [0.25, 0.3) is 11.0 Å². The molecule has 3 aromatic rings. The van der Waals surface area contributed by atoms with E-state index in [1.54, 1.807) is 29.6 Å². The SMILES string of the molecule is CC[C@@H](C)[C@@H]([NH2+]Cc1c(O)ccc2c(=O)c(Oc3ccccc3)coc12)C(=O)[O-]. The number of carbonyl (C=O) groups is 1. The summed E-state index contributed by atoms with van der Waals surface area (Å²) in [6.07, 6.45) is 1.87. The zero-order valence-electron chi connectivity index (χ0n) is 16.3. The van der Waals surface area contributed by atoms with Crippen LogP contribution in [0.4, 0.5) is 0 Å². The molecular formula is C22H23NO6. The van der Waals surface area contributed by atoms with Gasteiger partial charge in [-0.1, -0.05) is 32.0 Å². The summed E-state index contributed by atoms with van der Waals surface area (Å²) in [7, 11) is 0. The summed E-state index contributed by atoms with van der Waals surface area (Å²) in [5.41, 5.74) is 0.169. The van der Waals surface area contributed by atoms with Gasteiger partial charge in [-0.2, -0.15) is 0 Å². The van der Waals surface area contributed by atoms with Crippen LogP contribution in [0.2, 0.25) is 0 Å². The van der Waals surface area contributed by atoms with E-state index in [0.717, 1.165) is 0 Å². The van der Waals surface area contributed by atoms with Gasteiger partial charge in [0.25, 0.3) is 0 Å². The average Bonchev–Trinajstić information content (AvgIpc) is 2.71. The molecule has 0 unspecified atom stereocenters. The van der Waals surface area contributed by atoms with Crippen molar-refractivity contribution in [1.29, 1.82) is 0 Å². The number of fused-ring (bicyclic) bond motifs is 1. The molecule has 0 bridgehead atoms. The van der Waals surface area contributed by atoms with Gasteiger partial charge in [0.1, 0.15) is 30.3 Å². The van der Waals surface area contributed by atoms with E-state index >= 15 is 0 Å². The first-order valence-corrected chi connectivity index (χ1v) is 9.45. The molecule has 0 saturated heterocycles. The van der Waals surface area contributed by atoms with Crippen molar-refractivity contribution in [2.24, 2.45) is 5.92 Å². The number of aliphatic carboxylic acids is 1. The summed E-state index contributed by atoms with van der Waals surface area (Å²) in [4.78, 5) is 24.3. The fourth-order valence-corrected chi connectivity index (χ4v) is 3.17. The molecule has 7 heteroatoms. The first-order chi connectivity index (χ1) is 13.9. The van der Waals surface area contributed by atoms with Crippen molar-refractivity contribution >= 4 is 16.9 Å². The van der Waals surface area contributed by atoms with Crippen molar-refractivity contribution in [2.75, 3.05) is 0 Å². The van der Waals surface area contributed by atoms with E-state index in [0.29, 0.717) is 17.7 Å². The standard InChI is InChI=1S/C22H23NO6/c1-3-13(2)19(22(26)27)23-11-16-17(24)10-9-15-20(25)18(12-28-21(15)16)29-14-7-5-4-6-8-14/h4-10,12-13,19,23-24H,3,11H2,1-2H3,(H,26,27)/t13-,19-/m1/s1. The van der Waals surface area contributed by atoms with Crippen LogP contribution >= 0.6 is 0 Å². The lowest BCUT2D eigenvalue weighted by molar-refractivity contribution is -0.704. The van der Waals surface area contributed by atoms with Crippen LogP contribution in [0.3, 0.4) is 0 Å². The predicted octanol–water partition coefficient (Wildman–Crippen LogP) is 1.52. The van der Waals surface area contributed by atoms with Gasteiger partial charge in [0, 0.05) is 5.92 Å². The normalized spacial score (nSPS) is 13.2. The Bertz CT molecular complexity index is 1060. The first-order valence-electron chi connectivity index (χ1n) is 9.45. The Morgan fingerprint density at radius 2 is 1.97 bits per heavy atom. The Hall–Kier alpha value is -3.32. The molecule has 0 aliphatic heterocycles. The average molecular weight is 397 g/mol. The summed E-state index contributed by atoms with van der Waals surface area (Å²) in [6, 6.07) is 10.9. The number of carboxylic acid groups (broad SMARTS) is 1. The molecule has 0 amide bonds. The van der Waals surface area contributed by atoms with Crippen LogP contribution in [-0.4, -0.2) is 17.1 Å². The lowest BCUT2D eigenvalue weighted by Gasteiger charge is -2.22. The Morgan fingerprint density at radius 1 is 1.24 bits per heavy atom. The molecule has 1 aromatic heterocycles. The number of para-hydroxylation sites is 1. The second-order valence-electron chi connectivity index (χ2n) is 6.95. The number of hydrogen-bond donors (Lipinski definition) is 2. The minimum Gasteiger partial charge on any atom is -0.544 e. The van der Waals surface area contributed by atoms with Gasteiger partial charge in [-0.05, 0) is 30.7 Å². The number of carbonyl (C=O) groups excluding carboxylic acids is 1. The Morgan fingerprint density at radius 3 is 2.62 bits per heavy atom. The third-order valence-electron chi connectivity index (χ3n) is 5.06. The van der Waals surface area contributed by atoms with Gasteiger partial charge in [-0.15, -0.1) is 0 Å². The number of aromatic hydroxyl groups is 1. The minimum absolute atomic E-state index is 0.0246. The second kappa shape index (κ2) is 8.79. The quantitative estimate of drug-likeness (QED) is 0.595. The molecule has 1 heterocycles. The number of ether oxygens (including phenoxy) is 1. The van der Waals surface area contributed by atoms with E-state index in [1.807, 2.05) is 19.9 Å². The second-order valence-corrected chi connectivity index (χ2v) is 6.95. The zero-order chi connectivity index (χ0) is 21.0. The zero-order valence-corrected chi connectivity index (χ0v) is 16.3. The summed E-state index contributed by atoms with van der Waals surface area (Å²) < 4.78 is 11.2. The first kappa shape index (κ1) is 20.4. The van der Waals surface area contributed by atoms with Gasteiger partial charge in [0.05, 0.1) is 16.9 Å². The van der Waals surface area contributed by atoms with Crippen LogP contribution in [-0.2, 0) is 11.3 Å². The van der Waals surface area contributed by atoms with Gasteiger partial charge < -0.3 is 29.5 Å². The molecule has 0 fully saturated rings. The fraction of sp³-hybridized carbons (Fsp3) is 0.273. The maximum absolute atomic E-state index is 12.8. The van der Waals surface area contributed by atoms with Crippen LogP contribution < -0.4 is 20.6 Å². The topological polar surface area (TPSA) is 116 Å². The highest BCUT2D eigenvalue weighted by Gasteiger charge is 2.23.